The Morgan fingerprint density at radius 3 is 2.79 bits per heavy atom. The molecule has 19 heavy (non-hydrogen) atoms. The average molecular weight is 278 g/mol. The molecule has 0 radical (unpaired) electrons. The predicted molar refractivity (Wildman–Crippen MR) is 79.6 cm³/mol. The lowest BCUT2D eigenvalue weighted by atomic mass is 9.97. The number of hydrogen-bond acceptors (Lipinski definition) is 2. The maximum Gasteiger partial charge on any atom is 0.0610 e. The monoisotopic (exact) mass is 277 g/mol. The van der Waals surface area contributed by atoms with Gasteiger partial charge in [-0.05, 0) is 37.6 Å². The fourth-order valence-corrected chi connectivity index (χ4v) is 2.43. The normalized spacial score (nSPS) is 12.6. The quantitative estimate of drug-likeness (QED) is 0.906. The molecule has 0 aliphatic carbocycles. The minimum Gasteiger partial charge on any atom is -0.306 e. The number of hydrogen-bond donors (Lipinski definition) is 1. The molecule has 0 saturated carbocycles. The first-order valence-corrected chi connectivity index (χ1v) is 7.05. The van der Waals surface area contributed by atoms with Crippen LogP contribution in [0.2, 0.25) is 5.02 Å². The van der Waals surface area contributed by atoms with Crippen LogP contribution >= 0.6 is 11.6 Å². The summed E-state index contributed by atoms with van der Waals surface area (Å²) >= 11 is 6.23. The van der Waals surface area contributed by atoms with Crippen LogP contribution in [0.1, 0.15) is 36.6 Å². The topological polar surface area (TPSA) is 29.9 Å². The van der Waals surface area contributed by atoms with Gasteiger partial charge in [-0.1, -0.05) is 30.7 Å². The van der Waals surface area contributed by atoms with E-state index < -0.39 is 0 Å². The van der Waals surface area contributed by atoms with Crippen molar-refractivity contribution < 1.29 is 0 Å². The molecule has 0 saturated heterocycles. The predicted octanol–water partition coefficient (Wildman–Crippen LogP) is 3.56. The van der Waals surface area contributed by atoms with Crippen molar-refractivity contribution in [3.8, 4) is 0 Å². The summed E-state index contributed by atoms with van der Waals surface area (Å²) in [6, 6.07) is 6.19. The van der Waals surface area contributed by atoms with Gasteiger partial charge in [-0.3, -0.25) is 4.68 Å². The maximum atomic E-state index is 6.23. The summed E-state index contributed by atoms with van der Waals surface area (Å²) in [5.41, 5.74) is 3.51. The van der Waals surface area contributed by atoms with E-state index in [0.29, 0.717) is 0 Å². The zero-order chi connectivity index (χ0) is 13.8. The molecule has 1 heterocycles. The molecule has 2 rings (SSSR count). The van der Waals surface area contributed by atoms with Crippen LogP contribution in [0.25, 0.3) is 0 Å². The highest BCUT2D eigenvalue weighted by Crippen LogP contribution is 2.28. The molecule has 0 bridgehead atoms. The van der Waals surface area contributed by atoms with Crippen LogP contribution < -0.4 is 5.32 Å². The van der Waals surface area contributed by atoms with E-state index in [2.05, 4.69) is 43.4 Å². The third-order valence-corrected chi connectivity index (χ3v) is 3.75. The van der Waals surface area contributed by atoms with Gasteiger partial charge in [-0.2, -0.15) is 5.10 Å². The summed E-state index contributed by atoms with van der Waals surface area (Å²) in [4.78, 5) is 0. The number of benzene rings is 1. The van der Waals surface area contributed by atoms with Crippen molar-refractivity contribution in [1.82, 2.24) is 15.1 Å². The van der Waals surface area contributed by atoms with E-state index >= 15 is 0 Å². The standard InChI is InChI=1S/C15H20ClN3/c1-4-17-15(12-9-18-19(5-2)10-12)13-7-6-8-14(16)11(13)3/h6-10,15,17H,4-5H2,1-3H3. The zero-order valence-corrected chi connectivity index (χ0v) is 12.4. The third kappa shape index (κ3) is 2.99. The Bertz CT molecular complexity index is 548. The molecule has 0 fully saturated rings. The number of nitrogens with one attached hydrogen (secondary N) is 1. The van der Waals surface area contributed by atoms with Gasteiger partial charge in [0.25, 0.3) is 0 Å². The first-order chi connectivity index (χ1) is 9.17. The lowest BCUT2D eigenvalue weighted by Crippen LogP contribution is -2.22. The second kappa shape index (κ2) is 6.22. The summed E-state index contributed by atoms with van der Waals surface area (Å²) in [5.74, 6) is 0. The molecule has 2 aromatic rings. The van der Waals surface area contributed by atoms with Gasteiger partial charge in [0.1, 0.15) is 0 Å². The average Bonchev–Trinajstić information content (AvgIpc) is 2.88. The van der Waals surface area contributed by atoms with E-state index in [0.717, 1.165) is 23.7 Å². The fraction of sp³-hybridized carbons (Fsp3) is 0.400. The summed E-state index contributed by atoms with van der Waals surface area (Å²) in [6.07, 6.45) is 4.02. The molecule has 1 N–H and O–H groups in total. The van der Waals surface area contributed by atoms with Gasteiger partial charge >= 0.3 is 0 Å². The van der Waals surface area contributed by atoms with Gasteiger partial charge in [0, 0.05) is 23.3 Å². The summed E-state index contributed by atoms with van der Waals surface area (Å²) in [7, 11) is 0. The second-order valence-electron chi connectivity index (χ2n) is 4.57. The molecular formula is C15H20ClN3. The summed E-state index contributed by atoms with van der Waals surface area (Å²) in [6.45, 7) is 8.04. The largest absolute Gasteiger partial charge is 0.306 e. The third-order valence-electron chi connectivity index (χ3n) is 3.34. The fourth-order valence-electron chi connectivity index (χ4n) is 2.25. The first-order valence-electron chi connectivity index (χ1n) is 6.68. The van der Waals surface area contributed by atoms with E-state index in [-0.39, 0.29) is 6.04 Å². The van der Waals surface area contributed by atoms with Gasteiger partial charge in [-0.15, -0.1) is 0 Å². The Kier molecular flexibility index (Phi) is 4.61. The van der Waals surface area contributed by atoms with Crippen LogP contribution in [-0.2, 0) is 6.54 Å². The minimum absolute atomic E-state index is 0.143. The first kappa shape index (κ1) is 14.1. The van der Waals surface area contributed by atoms with Crippen molar-refractivity contribution in [2.75, 3.05) is 6.54 Å². The van der Waals surface area contributed by atoms with E-state index in [1.165, 1.54) is 11.1 Å². The Morgan fingerprint density at radius 1 is 1.37 bits per heavy atom. The lowest BCUT2D eigenvalue weighted by Gasteiger charge is -2.19. The van der Waals surface area contributed by atoms with E-state index in [9.17, 15) is 0 Å². The highest BCUT2D eigenvalue weighted by molar-refractivity contribution is 6.31. The maximum absolute atomic E-state index is 6.23. The Hall–Kier alpha value is -1.32. The molecule has 0 amide bonds. The molecule has 0 aliphatic heterocycles. The zero-order valence-electron chi connectivity index (χ0n) is 11.7. The number of aryl methyl sites for hydroxylation is 1. The molecule has 0 spiro atoms. The Balaban J connectivity index is 2.42. The summed E-state index contributed by atoms with van der Waals surface area (Å²) < 4.78 is 1.94. The van der Waals surface area contributed by atoms with Crippen LogP contribution in [0.15, 0.2) is 30.6 Å². The second-order valence-corrected chi connectivity index (χ2v) is 4.98. The smallest absolute Gasteiger partial charge is 0.0610 e. The van der Waals surface area contributed by atoms with Crippen molar-refractivity contribution in [1.29, 1.82) is 0 Å². The van der Waals surface area contributed by atoms with E-state index in [4.69, 9.17) is 11.6 Å². The van der Waals surface area contributed by atoms with Crippen LogP contribution in [-0.4, -0.2) is 16.3 Å². The molecule has 1 unspecified atom stereocenters. The van der Waals surface area contributed by atoms with Crippen molar-refractivity contribution >= 4 is 11.6 Å². The number of aromatic nitrogens is 2. The van der Waals surface area contributed by atoms with Gasteiger partial charge in [0.15, 0.2) is 0 Å². The molecule has 1 aromatic heterocycles. The SMILES string of the molecule is CCNC(c1cnn(CC)c1)c1cccc(Cl)c1C. The van der Waals surface area contributed by atoms with Gasteiger partial charge < -0.3 is 5.32 Å². The minimum atomic E-state index is 0.143. The van der Waals surface area contributed by atoms with Gasteiger partial charge in [0.2, 0.25) is 0 Å². The molecule has 1 aromatic carbocycles. The number of nitrogens with zero attached hydrogens (tertiary/aromatic N) is 2. The highest BCUT2D eigenvalue weighted by Gasteiger charge is 2.17. The van der Waals surface area contributed by atoms with Gasteiger partial charge in [0.05, 0.1) is 12.2 Å². The lowest BCUT2D eigenvalue weighted by molar-refractivity contribution is 0.623. The Labute approximate surface area is 119 Å². The molecule has 1 atom stereocenters. The molecule has 4 heteroatoms. The molecular weight excluding hydrogens is 258 g/mol. The van der Waals surface area contributed by atoms with Crippen molar-refractivity contribution in [3.05, 3.63) is 52.3 Å². The van der Waals surface area contributed by atoms with Crippen LogP contribution in [0.5, 0.6) is 0 Å². The van der Waals surface area contributed by atoms with Crippen LogP contribution in [0.3, 0.4) is 0 Å². The number of rotatable bonds is 5. The van der Waals surface area contributed by atoms with Crippen molar-refractivity contribution in [2.45, 2.75) is 33.4 Å². The molecule has 0 aliphatic rings. The van der Waals surface area contributed by atoms with E-state index in [1.807, 2.05) is 23.0 Å². The van der Waals surface area contributed by atoms with Crippen molar-refractivity contribution in [3.63, 3.8) is 0 Å². The number of halogens is 1. The van der Waals surface area contributed by atoms with Crippen LogP contribution in [0.4, 0.5) is 0 Å². The highest BCUT2D eigenvalue weighted by atomic mass is 35.5. The molecule has 3 nitrogen and oxygen atoms in total. The molecule has 102 valence electrons. The van der Waals surface area contributed by atoms with Crippen molar-refractivity contribution in [2.24, 2.45) is 0 Å². The van der Waals surface area contributed by atoms with Gasteiger partial charge in [-0.25, -0.2) is 0 Å². The van der Waals surface area contributed by atoms with Crippen LogP contribution in [0, 0.1) is 6.92 Å². The Morgan fingerprint density at radius 2 is 2.16 bits per heavy atom. The van der Waals surface area contributed by atoms with E-state index in [1.54, 1.807) is 0 Å². The summed E-state index contributed by atoms with van der Waals surface area (Å²) in [5, 5.41) is 8.68.